The van der Waals surface area contributed by atoms with Crippen LogP contribution in [0.5, 0.6) is 0 Å². The van der Waals surface area contributed by atoms with Crippen molar-refractivity contribution in [2.45, 2.75) is 181 Å². The van der Waals surface area contributed by atoms with Crippen molar-refractivity contribution in [1.29, 1.82) is 0 Å². The second-order valence-electron chi connectivity index (χ2n) is 12.3. The molecule has 0 rings (SSSR count). The van der Waals surface area contributed by atoms with E-state index in [1.807, 2.05) is 0 Å². The number of hydrogen-bond acceptors (Lipinski definition) is 4. The van der Waals surface area contributed by atoms with E-state index >= 15 is 0 Å². The lowest BCUT2D eigenvalue weighted by Crippen LogP contribution is -2.04. The van der Waals surface area contributed by atoms with E-state index in [2.05, 4.69) is 13.8 Å². The Hall–Kier alpha value is -2.90. The third-order valence-corrected chi connectivity index (χ3v) is 7.92. The summed E-state index contributed by atoms with van der Waals surface area (Å²) in [5.41, 5.74) is -0.181. The Bertz CT molecular complexity index is 872. The molecule has 8 nitrogen and oxygen atoms in total. The molecule has 0 heterocycles. The van der Waals surface area contributed by atoms with E-state index in [0.29, 0.717) is 6.42 Å². The van der Waals surface area contributed by atoms with Crippen LogP contribution in [0, 0.1) is 0 Å². The fourth-order valence-electron chi connectivity index (χ4n) is 5.17. The summed E-state index contributed by atoms with van der Waals surface area (Å²) in [5.74, 6) is -4.74. The first-order valence-corrected chi connectivity index (χ1v) is 18.2. The van der Waals surface area contributed by atoms with Crippen LogP contribution in [0.4, 0.5) is 0 Å². The van der Waals surface area contributed by atoms with Crippen LogP contribution in [0.15, 0.2) is 35.5 Å². The Kier molecular flexibility index (Phi) is 34.4. The van der Waals surface area contributed by atoms with Gasteiger partial charge < -0.3 is 20.4 Å². The molecule has 0 aliphatic carbocycles. The van der Waals surface area contributed by atoms with Crippen LogP contribution in [0.1, 0.15) is 181 Å². The Labute approximate surface area is 279 Å². The van der Waals surface area contributed by atoms with Gasteiger partial charge in [-0.3, -0.25) is 0 Å². The predicted molar refractivity (Wildman–Crippen MR) is 187 cm³/mol. The molecule has 0 bridgehead atoms. The fourth-order valence-corrected chi connectivity index (χ4v) is 5.17. The zero-order valence-electron chi connectivity index (χ0n) is 29.1. The average molecular weight is 651 g/mol. The van der Waals surface area contributed by atoms with Crippen molar-refractivity contribution >= 4 is 23.9 Å². The van der Waals surface area contributed by atoms with Gasteiger partial charge in [0.2, 0.25) is 0 Å². The Morgan fingerprint density at radius 2 is 0.783 bits per heavy atom. The Balaban J connectivity index is 0. The standard InChI is InChI=1S/C22H38O4.C16H28O4/c1-2-3-4-5-6-7-8-9-10-11-12-13-14-15-16-17-18-20(22(25)26)19-21(23)24;1-2-3-4-5-6-7-8-9-10-11-12-14(16(19)20)13-15(17)18/h17-19H,2-16H2,1H3,(H,23,24)(H,25,26);13H,2-12H2,1H3,(H,17,18)(H,19,20)/b18-17+,20-19-;14-13-. The largest absolute Gasteiger partial charge is 0.478 e. The van der Waals surface area contributed by atoms with E-state index in [9.17, 15) is 19.2 Å². The first-order chi connectivity index (χ1) is 22.1. The average Bonchev–Trinajstić information content (AvgIpc) is 3.00. The molecule has 0 aromatic carbocycles. The SMILES string of the molecule is CCCCCCCCCCCC/C(=C/C(=O)O)C(=O)O.CCCCCCCCCCCCCCCC/C=C/C(=C/C(=O)O)C(=O)O. The summed E-state index contributed by atoms with van der Waals surface area (Å²) in [6.45, 7) is 4.47. The van der Waals surface area contributed by atoms with Crippen LogP contribution < -0.4 is 0 Å². The van der Waals surface area contributed by atoms with Crippen molar-refractivity contribution in [2.24, 2.45) is 0 Å². The van der Waals surface area contributed by atoms with Gasteiger partial charge in [-0.05, 0) is 25.7 Å². The van der Waals surface area contributed by atoms with Crippen molar-refractivity contribution in [3.8, 4) is 0 Å². The third-order valence-electron chi connectivity index (χ3n) is 7.92. The summed E-state index contributed by atoms with van der Waals surface area (Å²) >= 11 is 0. The molecule has 0 aromatic heterocycles. The van der Waals surface area contributed by atoms with Crippen LogP contribution >= 0.6 is 0 Å². The molecule has 0 saturated heterocycles. The second-order valence-corrected chi connectivity index (χ2v) is 12.3. The molecule has 0 aliphatic rings. The topological polar surface area (TPSA) is 149 Å². The molecule has 266 valence electrons. The number of allylic oxidation sites excluding steroid dienone is 1. The monoisotopic (exact) mass is 650 g/mol. The van der Waals surface area contributed by atoms with Crippen LogP contribution in [0.3, 0.4) is 0 Å². The summed E-state index contributed by atoms with van der Waals surface area (Å²) in [4.78, 5) is 42.6. The van der Waals surface area contributed by atoms with Crippen molar-refractivity contribution in [1.82, 2.24) is 0 Å². The summed E-state index contributed by atoms with van der Waals surface area (Å²) < 4.78 is 0. The first kappa shape index (κ1) is 45.2. The van der Waals surface area contributed by atoms with E-state index in [-0.39, 0.29) is 11.1 Å². The molecular weight excluding hydrogens is 584 g/mol. The highest BCUT2D eigenvalue weighted by atomic mass is 16.4. The van der Waals surface area contributed by atoms with E-state index in [1.165, 1.54) is 128 Å². The maximum absolute atomic E-state index is 10.8. The number of aliphatic carboxylic acids is 4. The molecule has 0 aromatic rings. The van der Waals surface area contributed by atoms with Gasteiger partial charge in [-0.1, -0.05) is 167 Å². The first-order valence-electron chi connectivity index (χ1n) is 18.2. The number of rotatable bonds is 31. The Morgan fingerprint density at radius 1 is 0.435 bits per heavy atom. The molecule has 0 radical (unpaired) electrons. The lowest BCUT2D eigenvalue weighted by molar-refractivity contribution is -0.135. The third kappa shape index (κ3) is 35.6. The van der Waals surface area contributed by atoms with Gasteiger partial charge in [-0.25, -0.2) is 19.2 Å². The lowest BCUT2D eigenvalue weighted by Gasteiger charge is -2.03. The second kappa shape index (κ2) is 35.0. The van der Waals surface area contributed by atoms with Crippen LogP contribution in [-0.2, 0) is 19.2 Å². The molecule has 0 amide bonds. The van der Waals surface area contributed by atoms with E-state index in [1.54, 1.807) is 6.08 Å². The number of hydrogen-bond donors (Lipinski definition) is 4. The molecular formula is C38H66O8. The van der Waals surface area contributed by atoms with Gasteiger partial charge in [0.1, 0.15) is 0 Å². The fraction of sp³-hybridized carbons (Fsp3) is 0.737. The molecule has 8 heteroatoms. The highest BCUT2D eigenvalue weighted by Gasteiger charge is 2.09. The van der Waals surface area contributed by atoms with Crippen LogP contribution in [-0.4, -0.2) is 44.3 Å². The smallest absolute Gasteiger partial charge is 0.335 e. The summed E-state index contributed by atoms with van der Waals surface area (Å²) in [7, 11) is 0. The highest BCUT2D eigenvalue weighted by Crippen LogP contribution is 2.15. The predicted octanol–water partition coefficient (Wildman–Crippen LogP) is 10.9. The molecule has 0 unspecified atom stereocenters. The minimum Gasteiger partial charge on any atom is -0.478 e. The van der Waals surface area contributed by atoms with Gasteiger partial charge in [-0.2, -0.15) is 0 Å². The number of carboxylic acids is 4. The van der Waals surface area contributed by atoms with E-state index in [4.69, 9.17) is 20.4 Å². The number of unbranched alkanes of at least 4 members (excludes halogenated alkanes) is 23. The van der Waals surface area contributed by atoms with Crippen LogP contribution in [0.2, 0.25) is 0 Å². The number of carboxylic acid groups (broad SMARTS) is 4. The highest BCUT2D eigenvalue weighted by molar-refractivity contribution is 5.97. The normalized spacial score (nSPS) is 11.8. The molecule has 46 heavy (non-hydrogen) atoms. The quantitative estimate of drug-likeness (QED) is 0.0329. The minimum absolute atomic E-state index is 0.00272. The van der Waals surface area contributed by atoms with Crippen molar-refractivity contribution in [2.75, 3.05) is 0 Å². The molecule has 0 atom stereocenters. The van der Waals surface area contributed by atoms with Gasteiger partial charge in [0.15, 0.2) is 0 Å². The Morgan fingerprint density at radius 3 is 1.11 bits per heavy atom. The summed E-state index contributed by atoms with van der Waals surface area (Å²) in [6.07, 6.45) is 36.0. The molecule has 0 saturated carbocycles. The van der Waals surface area contributed by atoms with Crippen molar-refractivity contribution in [3.05, 3.63) is 35.5 Å². The van der Waals surface area contributed by atoms with Gasteiger partial charge in [0.25, 0.3) is 0 Å². The van der Waals surface area contributed by atoms with Gasteiger partial charge in [0.05, 0.1) is 5.57 Å². The summed E-state index contributed by atoms with van der Waals surface area (Å²) in [5, 5.41) is 34.8. The maximum Gasteiger partial charge on any atom is 0.335 e. The van der Waals surface area contributed by atoms with Gasteiger partial charge in [-0.15, -0.1) is 0 Å². The lowest BCUT2D eigenvalue weighted by atomic mass is 10.0. The zero-order chi connectivity index (χ0) is 34.7. The van der Waals surface area contributed by atoms with Gasteiger partial charge in [0, 0.05) is 17.7 Å². The molecule has 0 fully saturated rings. The molecule has 0 spiro atoms. The molecule has 4 N–H and O–H groups in total. The zero-order valence-corrected chi connectivity index (χ0v) is 29.1. The minimum atomic E-state index is -1.23. The van der Waals surface area contributed by atoms with Gasteiger partial charge >= 0.3 is 23.9 Å². The van der Waals surface area contributed by atoms with Crippen molar-refractivity contribution in [3.63, 3.8) is 0 Å². The van der Waals surface area contributed by atoms with Crippen molar-refractivity contribution < 1.29 is 39.6 Å². The van der Waals surface area contributed by atoms with E-state index in [0.717, 1.165) is 50.7 Å². The maximum atomic E-state index is 10.8. The molecule has 0 aliphatic heterocycles. The van der Waals surface area contributed by atoms with Crippen LogP contribution in [0.25, 0.3) is 0 Å². The summed E-state index contributed by atoms with van der Waals surface area (Å²) in [6, 6.07) is 0. The number of carbonyl (C=O) groups is 4. The van der Waals surface area contributed by atoms with E-state index < -0.39 is 23.9 Å².